The first kappa shape index (κ1) is 89.2. The fourth-order valence-electron chi connectivity index (χ4n) is 12.3. The molecule has 0 aromatic heterocycles. The zero-order valence-corrected chi connectivity index (χ0v) is 62.5. The lowest BCUT2D eigenvalue weighted by molar-refractivity contribution is -0.870. The summed E-state index contributed by atoms with van der Waals surface area (Å²) in [7, 11) is 1.59. The predicted octanol–water partition coefficient (Wildman–Crippen LogP) is 26.3. The minimum absolute atomic E-state index is 0.0632. The maximum atomic E-state index is 13.1. The molecule has 8 nitrogen and oxygen atoms in total. The summed E-state index contributed by atoms with van der Waals surface area (Å²) in [5.74, 6) is -0.168. The maximum absolute atomic E-state index is 13.1. The molecule has 0 heterocycles. The number of nitrogens with one attached hydrogen (secondary N) is 1. The Kier molecular flexibility index (Phi) is 71.0. The van der Waals surface area contributed by atoms with Crippen LogP contribution in [0.4, 0.5) is 0 Å². The van der Waals surface area contributed by atoms with Crippen LogP contribution in [-0.4, -0.2) is 73.4 Å². The standard InChI is InChI=1S/C82H157N2O6P/c1-6-8-10-12-14-16-18-20-22-24-26-28-30-32-34-36-38-40-41-42-43-44-46-48-50-52-54-56-58-60-62-64-66-68-70-72-74-76-82(86)83-80(79-90-91(87,88)89-78-77-84(3,4)5)81(85)75-73-71-69-67-65-63-61-59-57-55-53-51-49-47-45-39-37-35-33-31-29-27-25-23-21-19-17-15-13-11-9-7-2/h8,10,14,16,20,22,26,28,73,75,80-81,85H,6-7,9,11-13,15,17-19,21,23-25,27,29-72,74,76-79H2,1-5H3,(H-,83,86,87,88)/p+1/b10-8-,16-14-,22-20-,28-26-,75-73+. The van der Waals surface area contributed by atoms with Gasteiger partial charge in [-0.1, -0.05) is 402 Å². The number of quaternary nitrogens is 1. The van der Waals surface area contributed by atoms with Crippen LogP contribution < -0.4 is 5.32 Å². The molecule has 0 aliphatic heterocycles. The molecule has 3 unspecified atom stereocenters. The van der Waals surface area contributed by atoms with Crippen LogP contribution in [0.3, 0.4) is 0 Å². The second-order valence-corrected chi connectivity index (χ2v) is 30.2. The summed E-state index contributed by atoms with van der Waals surface area (Å²) in [6, 6.07) is -0.848. The van der Waals surface area contributed by atoms with E-state index in [0.29, 0.717) is 17.4 Å². The summed E-state index contributed by atoms with van der Waals surface area (Å²) in [4.78, 5) is 23.5. The topological polar surface area (TPSA) is 105 Å². The lowest BCUT2D eigenvalue weighted by atomic mass is 10.0. The Morgan fingerprint density at radius 2 is 0.659 bits per heavy atom. The number of phosphoric ester groups is 1. The molecule has 0 rings (SSSR count). The first-order valence-electron chi connectivity index (χ1n) is 40.2. The molecule has 9 heteroatoms. The molecule has 1 amide bonds. The number of allylic oxidation sites excluding steroid dienone is 9. The van der Waals surface area contributed by atoms with Crippen molar-refractivity contribution in [2.24, 2.45) is 0 Å². The van der Waals surface area contributed by atoms with Crippen molar-refractivity contribution >= 4 is 13.7 Å². The van der Waals surface area contributed by atoms with Crippen molar-refractivity contribution < 1.29 is 32.9 Å². The summed E-state index contributed by atoms with van der Waals surface area (Å²) in [6.45, 7) is 4.77. The number of unbranched alkanes of at least 4 members (excludes halogenated alkanes) is 54. The number of hydrogen-bond donors (Lipinski definition) is 3. The van der Waals surface area contributed by atoms with Gasteiger partial charge >= 0.3 is 7.82 Å². The molecule has 0 radical (unpaired) electrons. The molecule has 3 atom stereocenters. The van der Waals surface area contributed by atoms with Crippen LogP contribution in [0, 0.1) is 0 Å². The normalized spacial score (nSPS) is 13.8. The number of carbonyl (C=O) groups excluding carboxylic acids is 1. The average Bonchev–Trinajstić information content (AvgIpc) is 3.42. The monoisotopic (exact) mass is 1300 g/mol. The van der Waals surface area contributed by atoms with Gasteiger partial charge in [0.05, 0.1) is 39.9 Å². The molecule has 0 saturated heterocycles. The maximum Gasteiger partial charge on any atom is 0.472 e. The molecule has 0 fully saturated rings. The number of rotatable bonds is 75. The van der Waals surface area contributed by atoms with E-state index < -0.39 is 20.0 Å². The molecular weight excluding hydrogens is 1140 g/mol. The number of phosphoric acid groups is 1. The summed E-state index contributed by atoms with van der Waals surface area (Å²) < 4.78 is 23.9. The van der Waals surface area contributed by atoms with Gasteiger partial charge in [-0.25, -0.2) is 4.57 Å². The molecule has 0 aromatic rings. The highest BCUT2D eigenvalue weighted by atomic mass is 31.2. The molecular formula is C82H158N2O6P+. The van der Waals surface area contributed by atoms with Gasteiger partial charge in [-0.2, -0.15) is 0 Å². The van der Waals surface area contributed by atoms with Gasteiger partial charge in [0.2, 0.25) is 5.91 Å². The van der Waals surface area contributed by atoms with E-state index in [0.717, 1.165) is 57.8 Å². The third-order valence-electron chi connectivity index (χ3n) is 18.5. The fraction of sp³-hybridized carbons (Fsp3) is 0.866. The smallest absolute Gasteiger partial charge is 0.387 e. The van der Waals surface area contributed by atoms with Crippen molar-refractivity contribution in [2.45, 2.75) is 418 Å². The van der Waals surface area contributed by atoms with E-state index in [1.807, 2.05) is 27.2 Å². The second-order valence-electron chi connectivity index (χ2n) is 28.8. The van der Waals surface area contributed by atoms with Crippen molar-refractivity contribution in [3.8, 4) is 0 Å². The van der Waals surface area contributed by atoms with Gasteiger partial charge in [-0.15, -0.1) is 0 Å². The van der Waals surface area contributed by atoms with Crippen LogP contribution in [0.5, 0.6) is 0 Å². The number of hydrogen-bond acceptors (Lipinski definition) is 5. The first-order chi connectivity index (χ1) is 44.5. The van der Waals surface area contributed by atoms with E-state index in [1.165, 1.54) is 327 Å². The fourth-order valence-corrected chi connectivity index (χ4v) is 13.1. The van der Waals surface area contributed by atoms with E-state index in [-0.39, 0.29) is 19.1 Å². The van der Waals surface area contributed by atoms with Gasteiger partial charge in [-0.05, 0) is 57.8 Å². The van der Waals surface area contributed by atoms with Crippen LogP contribution in [0.2, 0.25) is 0 Å². The number of likely N-dealkylation sites (N-methyl/N-ethyl adjacent to an activating group) is 1. The Bertz CT molecular complexity index is 1670. The molecule has 536 valence electrons. The molecule has 91 heavy (non-hydrogen) atoms. The third kappa shape index (κ3) is 75.4. The van der Waals surface area contributed by atoms with Crippen LogP contribution in [0.15, 0.2) is 60.8 Å². The molecule has 0 aliphatic carbocycles. The number of carbonyl (C=O) groups is 1. The molecule has 0 saturated carbocycles. The number of nitrogens with zero attached hydrogens (tertiary/aromatic N) is 1. The lowest BCUT2D eigenvalue weighted by Gasteiger charge is -2.25. The Morgan fingerprint density at radius 1 is 0.385 bits per heavy atom. The van der Waals surface area contributed by atoms with Gasteiger partial charge in [0, 0.05) is 6.42 Å². The summed E-state index contributed by atoms with van der Waals surface area (Å²) in [5, 5.41) is 14.1. The Balaban J connectivity index is 3.94. The van der Waals surface area contributed by atoms with E-state index in [2.05, 4.69) is 67.8 Å². The highest BCUT2D eigenvalue weighted by Crippen LogP contribution is 2.43. The third-order valence-corrected chi connectivity index (χ3v) is 19.5. The SMILES string of the molecule is CC/C=C\C/C=C\C/C=C\C/C=C\CCCCCCCCCCCCCCCCCCCCCCCCCCC(=O)NC(COP(=O)(O)OCC[N+](C)(C)C)C(O)/C=C/CCCCCCCCCCCCCCCCCCCCCCCCCCCCCCCC. The minimum atomic E-state index is -4.36. The van der Waals surface area contributed by atoms with Crippen molar-refractivity contribution in [1.82, 2.24) is 5.32 Å². The van der Waals surface area contributed by atoms with Gasteiger partial charge in [-0.3, -0.25) is 13.8 Å². The van der Waals surface area contributed by atoms with Crippen LogP contribution in [0.25, 0.3) is 0 Å². The summed E-state index contributed by atoms with van der Waals surface area (Å²) >= 11 is 0. The number of amides is 1. The lowest BCUT2D eigenvalue weighted by Crippen LogP contribution is -2.45. The Morgan fingerprint density at radius 3 is 0.967 bits per heavy atom. The molecule has 0 aromatic carbocycles. The average molecular weight is 1300 g/mol. The Hall–Kier alpha value is -1.80. The summed E-state index contributed by atoms with van der Waals surface area (Å²) in [5.41, 5.74) is 0. The molecule has 0 bridgehead atoms. The summed E-state index contributed by atoms with van der Waals surface area (Å²) in [6.07, 6.45) is 101. The number of aliphatic hydroxyl groups is 1. The van der Waals surface area contributed by atoms with Gasteiger partial charge in [0.25, 0.3) is 0 Å². The quantitative estimate of drug-likeness (QED) is 0.0243. The van der Waals surface area contributed by atoms with E-state index in [4.69, 9.17) is 9.05 Å². The zero-order valence-electron chi connectivity index (χ0n) is 61.6. The van der Waals surface area contributed by atoms with Crippen molar-refractivity contribution in [2.75, 3.05) is 40.9 Å². The van der Waals surface area contributed by atoms with Crippen LogP contribution in [-0.2, 0) is 18.4 Å². The zero-order chi connectivity index (χ0) is 66.2. The van der Waals surface area contributed by atoms with Gasteiger partial charge < -0.3 is 19.8 Å². The van der Waals surface area contributed by atoms with E-state index >= 15 is 0 Å². The van der Waals surface area contributed by atoms with E-state index in [1.54, 1.807) is 6.08 Å². The van der Waals surface area contributed by atoms with Crippen molar-refractivity contribution in [1.29, 1.82) is 0 Å². The minimum Gasteiger partial charge on any atom is -0.387 e. The van der Waals surface area contributed by atoms with Gasteiger partial charge in [0.1, 0.15) is 13.2 Å². The number of aliphatic hydroxyl groups excluding tert-OH is 1. The highest BCUT2D eigenvalue weighted by Gasteiger charge is 2.28. The predicted molar refractivity (Wildman–Crippen MR) is 401 cm³/mol. The molecule has 0 aliphatic rings. The van der Waals surface area contributed by atoms with Crippen LogP contribution in [0.1, 0.15) is 406 Å². The van der Waals surface area contributed by atoms with Crippen molar-refractivity contribution in [3.05, 3.63) is 60.8 Å². The van der Waals surface area contributed by atoms with E-state index in [9.17, 15) is 19.4 Å². The Labute approximate surface area is 568 Å². The van der Waals surface area contributed by atoms with Crippen molar-refractivity contribution in [3.63, 3.8) is 0 Å². The first-order valence-corrected chi connectivity index (χ1v) is 41.7. The molecule has 3 N–H and O–H groups in total. The largest absolute Gasteiger partial charge is 0.472 e. The van der Waals surface area contributed by atoms with Gasteiger partial charge in [0.15, 0.2) is 0 Å². The molecule has 0 spiro atoms. The van der Waals surface area contributed by atoms with Crippen LogP contribution >= 0.6 is 7.82 Å². The highest BCUT2D eigenvalue weighted by molar-refractivity contribution is 7.47. The second kappa shape index (κ2) is 72.5.